The summed E-state index contributed by atoms with van der Waals surface area (Å²) in [5.74, 6) is -0.773. The van der Waals surface area contributed by atoms with Gasteiger partial charge < -0.3 is 10.1 Å². The predicted octanol–water partition coefficient (Wildman–Crippen LogP) is 5.53. The SMILES string of the molecule is CS(=O)(=O)N(Cc1ccc(C(=O)N=Nc2c(O)[nH]c3ccc(Br)cc23)cc1)c1ccccc1. The maximum atomic E-state index is 12.5. The van der Waals surface area contributed by atoms with E-state index in [0.717, 1.165) is 10.7 Å². The molecule has 0 saturated heterocycles. The van der Waals surface area contributed by atoms with Crippen molar-refractivity contribution in [3.8, 4) is 5.88 Å². The van der Waals surface area contributed by atoms with Crippen LogP contribution in [0.3, 0.4) is 0 Å². The van der Waals surface area contributed by atoms with E-state index in [-0.39, 0.29) is 23.7 Å². The highest BCUT2D eigenvalue weighted by molar-refractivity contribution is 9.10. The largest absolute Gasteiger partial charge is 0.493 e. The third-order valence-electron chi connectivity index (χ3n) is 4.93. The normalized spacial score (nSPS) is 11.8. The van der Waals surface area contributed by atoms with Crippen LogP contribution < -0.4 is 4.31 Å². The van der Waals surface area contributed by atoms with Crippen molar-refractivity contribution in [2.24, 2.45) is 10.2 Å². The van der Waals surface area contributed by atoms with Crippen molar-refractivity contribution in [2.75, 3.05) is 10.6 Å². The molecular formula is C23H19BrN4O4S. The maximum absolute atomic E-state index is 12.5. The summed E-state index contributed by atoms with van der Waals surface area (Å²) in [6.45, 7) is 0.122. The highest BCUT2D eigenvalue weighted by Gasteiger charge is 2.18. The smallest absolute Gasteiger partial charge is 0.295 e. The van der Waals surface area contributed by atoms with Crippen molar-refractivity contribution in [1.82, 2.24) is 4.98 Å². The van der Waals surface area contributed by atoms with Crippen LogP contribution in [0.1, 0.15) is 15.9 Å². The molecule has 0 aliphatic rings. The summed E-state index contributed by atoms with van der Waals surface area (Å²) < 4.78 is 26.6. The van der Waals surface area contributed by atoms with E-state index >= 15 is 0 Å². The number of azo groups is 1. The lowest BCUT2D eigenvalue weighted by molar-refractivity contribution is 0.0995. The summed E-state index contributed by atoms with van der Waals surface area (Å²) in [5.41, 5.74) is 2.38. The molecule has 0 bridgehead atoms. The zero-order valence-corrected chi connectivity index (χ0v) is 19.8. The van der Waals surface area contributed by atoms with Gasteiger partial charge in [-0.05, 0) is 48.0 Å². The van der Waals surface area contributed by atoms with Gasteiger partial charge in [-0.2, -0.15) is 0 Å². The minimum absolute atomic E-state index is 0.122. The number of sulfonamides is 1. The molecule has 1 aromatic heterocycles. The first kappa shape index (κ1) is 22.7. The van der Waals surface area contributed by atoms with E-state index in [1.54, 1.807) is 60.7 Å². The standard InChI is InChI=1S/C23H19BrN4O4S/c1-33(31,32)28(18-5-3-2-4-6-18)14-15-7-9-16(10-8-15)22(29)27-26-21-19-13-17(24)11-12-20(19)25-23(21)30/h2-13,25,30H,14H2,1H3. The number of anilines is 1. The van der Waals surface area contributed by atoms with Crippen molar-refractivity contribution in [3.05, 3.63) is 88.4 Å². The van der Waals surface area contributed by atoms with Gasteiger partial charge in [-0.1, -0.05) is 46.3 Å². The Morgan fingerprint density at radius 2 is 1.76 bits per heavy atom. The number of rotatable bonds is 6. The first-order chi connectivity index (χ1) is 15.7. The third kappa shape index (κ3) is 5.12. The lowest BCUT2D eigenvalue weighted by atomic mass is 10.1. The van der Waals surface area contributed by atoms with Gasteiger partial charge >= 0.3 is 0 Å². The van der Waals surface area contributed by atoms with Gasteiger partial charge in [0.05, 0.1) is 24.0 Å². The molecule has 1 amide bonds. The number of benzene rings is 3. The van der Waals surface area contributed by atoms with Gasteiger partial charge in [0.15, 0.2) is 5.69 Å². The minimum Gasteiger partial charge on any atom is -0.493 e. The van der Waals surface area contributed by atoms with Gasteiger partial charge in [-0.15, -0.1) is 10.2 Å². The molecule has 8 nitrogen and oxygen atoms in total. The summed E-state index contributed by atoms with van der Waals surface area (Å²) >= 11 is 3.37. The fourth-order valence-corrected chi connectivity index (χ4v) is 4.55. The summed E-state index contributed by atoms with van der Waals surface area (Å²) in [4.78, 5) is 15.3. The summed E-state index contributed by atoms with van der Waals surface area (Å²) in [6.07, 6.45) is 1.15. The lowest BCUT2D eigenvalue weighted by Gasteiger charge is -2.22. The number of nitrogens with zero attached hydrogens (tertiary/aromatic N) is 3. The van der Waals surface area contributed by atoms with E-state index in [4.69, 9.17) is 0 Å². The fraction of sp³-hybridized carbons (Fsp3) is 0.0870. The third-order valence-corrected chi connectivity index (χ3v) is 6.56. The van der Waals surface area contributed by atoms with Gasteiger partial charge in [0.2, 0.25) is 15.9 Å². The molecule has 10 heteroatoms. The Kier molecular flexibility index (Phi) is 6.30. The van der Waals surface area contributed by atoms with Crippen LogP contribution in [0.25, 0.3) is 10.9 Å². The van der Waals surface area contributed by atoms with Crippen LogP contribution >= 0.6 is 15.9 Å². The molecule has 3 aromatic carbocycles. The molecule has 0 saturated carbocycles. The van der Waals surface area contributed by atoms with Gasteiger partial charge in [0.25, 0.3) is 5.91 Å². The number of aromatic nitrogens is 1. The molecule has 1 heterocycles. The molecule has 0 fully saturated rings. The molecule has 0 radical (unpaired) electrons. The number of aromatic hydroxyl groups is 1. The number of halogens is 1. The van der Waals surface area contributed by atoms with Crippen molar-refractivity contribution < 1.29 is 18.3 Å². The van der Waals surface area contributed by atoms with Crippen molar-refractivity contribution in [1.29, 1.82) is 0 Å². The second-order valence-corrected chi connectivity index (χ2v) is 10.1. The first-order valence-corrected chi connectivity index (χ1v) is 12.4. The Balaban J connectivity index is 1.53. The Hall–Kier alpha value is -3.50. The molecule has 0 spiro atoms. The Labute approximate surface area is 198 Å². The van der Waals surface area contributed by atoms with Crippen LogP contribution in [-0.2, 0) is 16.6 Å². The Bertz CT molecular complexity index is 1450. The van der Waals surface area contributed by atoms with Crippen LogP contribution in [0, 0.1) is 0 Å². The predicted molar refractivity (Wildman–Crippen MR) is 130 cm³/mol. The number of carbonyl (C=O) groups is 1. The second kappa shape index (κ2) is 9.16. The molecule has 33 heavy (non-hydrogen) atoms. The maximum Gasteiger partial charge on any atom is 0.295 e. The number of carbonyl (C=O) groups excluding carboxylic acids is 1. The molecular weight excluding hydrogens is 508 g/mol. The first-order valence-electron chi connectivity index (χ1n) is 9.80. The Morgan fingerprint density at radius 3 is 2.42 bits per heavy atom. The van der Waals surface area contributed by atoms with Gasteiger partial charge in [-0.25, -0.2) is 8.42 Å². The van der Waals surface area contributed by atoms with Crippen LogP contribution in [0.4, 0.5) is 11.4 Å². The number of para-hydroxylation sites is 1. The van der Waals surface area contributed by atoms with Crippen molar-refractivity contribution in [3.63, 3.8) is 0 Å². The highest BCUT2D eigenvalue weighted by Crippen LogP contribution is 2.36. The number of hydrogen-bond acceptors (Lipinski definition) is 5. The molecule has 0 aliphatic heterocycles. The molecule has 2 N–H and O–H groups in total. The summed E-state index contributed by atoms with van der Waals surface area (Å²) in [5, 5.41) is 18.4. The molecule has 0 atom stereocenters. The quantitative estimate of drug-likeness (QED) is 0.321. The molecule has 0 aliphatic carbocycles. The van der Waals surface area contributed by atoms with E-state index in [9.17, 15) is 18.3 Å². The van der Waals surface area contributed by atoms with Crippen molar-refractivity contribution >= 4 is 54.1 Å². The highest BCUT2D eigenvalue weighted by atomic mass is 79.9. The molecule has 168 valence electrons. The average molecular weight is 527 g/mol. The number of nitrogens with one attached hydrogen (secondary N) is 1. The van der Waals surface area contributed by atoms with Gasteiger partial charge in [0, 0.05) is 15.4 Å². The monoisotopic (exact) mass is 526 g/mol. The van der Waals surface area contributed by atoms with Crippen LogP contribution in [0.2, 0.25) is 0 Å². The topological polar surface area (TPSA) is 115 Å². The molecule has 0 unspecified atom stereocenters. The van der Waals surface area contributed by atoms with Gasteiger partial charge in [0.1, 0.15) is 0 Å². The van der Waals surface area contributed by atoms with Gasteiger partial charge in [-0.3, -0.25) is 9.10 Å². The van der Waals surface area contributed by atoms with E-state index in [2.05, 4.69) is 31.1 Å². The number of aromatic amines is 1. The second-order valence-electron chi connectivity index (χ2n) is 7.32. The van der Waals surface area contributed by atoms with E-state index in [1.165, 1.54) is 4.31 Å². The van der Waals surface area contributed by atoms with Crippen LogP contribution in [0.5, 0.6) is 5.88 Å². The number of H-pyrrole nitrogens is 1. The average Bonchev–Trinajstić information content (AvgIpc) is 3.10. The fourth-order valence-electron chi connectivity index (χ4n) is 3.30. The van der Waals surface area contributed by atoms with E-state index in [0.29, 0.717) is 22.2 Å². The van der Waals surface area contributed by atoms with E-state index in [1.807, 2.05) is 12.1 Å². The zero-order valence-electron chi connectivity index (χ0n) is 17.4. The minimum atomic E-state index is -3.50. The number of hydrogen-bond donors (Lipinski definition) is 2. The van der Waals surface area contributed by atoms with E-state index < -0.39 is 15.9 Å². The van der Waals surface area contributed by atoms with Crippen LogP contribution in [0.15, 0.2) is 87.5 Å². The molecule has 4 aromatic rings. The zero-order chi connectivity index (χ0) is 23.6. The summed E-state index contributed by atoms with van der Waals surface area (Å²) in [7, 11) is -3.50. The van der Waals surface area contributed by atoms with Crippen LogP contribution in [-0.4, -0.2) is 30.7 Å². The molecule has 4 rings (SSSR count). The number of fused-ring (bicyclic) bond motifs is 1. The number of amides is 1. The van der Waals surface area contributed by atoms with Crippen molar-refractivity contribution in [2.45, 2.75) is 6.54 Å². The lowest BCUT2D eigenvalue weighted by Crippen LogP contribution is -2.29. The Morgan fingerprint density at radius 1 is 1.06 bits per heavy atom. The summed E-state index contributed by atoms with van der Waals surface area (Å²) in [6, 6.07) is 20.6.